The predicted octanol–water partition coefficient (Wildman–Crippen LogP) is 4.16. The number of pyridine rings is 1. The highest BCUT2D eigenvalue weighted by molar-refractivity contribution is 6.07. The Morgan fingerprint density at radius 2 is 1.97 bits per heavy atom. The van der Waals surface area contributed by atoms with Gasteiger partial charge in [-0.05, 0) is 51.7 Å². The zero-order valence-corrected chi connectivity index (χ0v) is 18.5. The highest BCUT2D eigenvalue weighted by atomic mass is 16.5. The lowest BCUT2D eigenvalue weighted by Gasteiger charge is -2.34. The molecule has 0 saturated carbocycles. The topological polar surface area (TPSA) is 77.3 Å². The molecule has 0 aliphatic carbocycles. The van der Waals surface area contributed by atoms with Gasteiger partial charge in [0.25, 0.3) is 5.91 Å². The van der Waals surface area contributed by atoms with Crippen LogP contribution >= 0.6 is 0 Å². The van der Waals surface area contributed by atoms with Gasteiger partial charge in [-0.25, -0.2) is 14.5 Å². The minimum absolute atomic E-state index is 0.0953. The van der Waals surface area contributed by atoms with E-state index in [0.29, 0.717) is 29.6 Å². The first-order valence-corrected chi connectivity index (χ1v) is 10.8. The summed E-state index contributed by atoms with van der Waals surface area (Å²) < 4.78 is 6.81. The van der Waals surface area contributed by atoms with Crippen molar-refractivity contribution in [3.8, 4) is 11.3 Å². The Bertz CT molecular complexity index is 1140. The number of rotatable bonds is 4. The number of aryl methyl sites for hydroxylation is 1. The van der Waals surface area contributed by atoms with Crippen LogP contribution < -0.4 is 0 Å². The van der Waals surface area contributed by atoms with Crippen LogP contribution in [0.1, 0.15) is 55.1 Å². The molecule has 7 nitrogen and oxygen atoms in total. The first kappa shape index (κ1) is 21.0. The molecular weight excluding hydrogens is 392 g/mol. The number of likely N-dealkylation sites (tertiary alicyclic amines) is 1. The molecule has 0 radical (unpaired) electrons. The lowest BCUT2D eigenvalue weighted by atomic mass is 9.98. The van der Waals surface area contributed by atoms with Crippen molar-refractivity contribution in [3.63, 3.8) is 0 Å². The molecule has 0 spiro atoms. The fraction of sp³-hybridized carbons (Fsp3) is 0.417. The minimum Gasteiger partial charge on any atom is -0.467 e. The number of piperidine rings is 1. The summed E-state index contributed by atoms with van der Waals surface area (Å²) in [6, 6.07) is 9.35. The van der Waals surface area contributed by atoms with Gasteiger partial charge in [-0.3, -0.25) is 4.79 Å². The monoisotopic (exact) mass is 420 g/mol. The Labute approximate surface area is 182 Å². The standard InChI is InChI=1S/C24H28N4O3/c1-15(2)28-22-19(14-25-28)18(13-20(26-22)17-10-6-5-9-16(17)3)23(29)27-12-8-7-11-21(27)24(30)31-4/h5-6,9-10,13-15,21H,7-8,11-12H2,1-4H3. The van der Waals surface area contributed by atoms with Gasteiger partial charge in [-0.2, -0.15) is 5.10 Å². The van der Waals surface area contributed by atoms with E-state index in [1.807, 2.05) is 55.8 Å². The van der Waals surface area contributed by atoms with E-state index in [2.05, 4.69) is 5.10 Å². The number of methoxy groups -OCH3 is 1. The smallest absolute Gasteiger partial charge is 0.328 e. The van der Waals surface area contributed by atoms with Crippen molar-refractivity contribution in [3.05, 3.63) is 47.7 Å². The summed E-state index contributed by atoms with van der Waals surface area (Å²) in [5, 5.41) is 5.20. The predicted molar refractivity (Wildman–Crippen MR) is 119 cm³/mol. The maximum atomic E-state index is 13.7. The van der Waals surface area contributed by atoms with Crippen LogP contribution in [0.25, 0.3) is 22.3 Å². The molecular formula is C24H28N4O3. The van der Waals surface area contributed by atoms with Crippen LogP contribution in [0.3, 0.4) is 0 Å². The SMILES string of the molecule is COC(=O)C1CCCCN1C(=O)c1cc(-c2ccccc2C)nc2c1cnn2C(C)C. The molecule has 0 N–H and O–H groups in total. The molecule has 1 aliphatic rings. The molecule has 2 aromatic heterocycles. The molecule has 1 saturated heterocycles. The van der Waals surface area contributed by atoms with E-state index in [0.717, 1.165) is 29.7 Å². The van der Waals surface area contributed by atoms with E-state index in [4.69, 9.17) is 9.72 Å². The van der Waals surface area contributed by atoms with E-state index < -0.39 is 6.04 Å². The van der Waals surface area contributed by atoms with Gasteiger partial charge >= 0.3 is 5.97 Å². The lowest BCUT2D eigenvalue weighted by molar-refractivity contribution is -0.147. The summed E-state index contributed by atoms with van der Waals surface area (Å²) in [6.45, 7) is 6.63. The number of fused-ring (bicyclic) bond motifs is 1. The van der Waals surface area contributed by atoms with Crippen LogP contribution in [0, 0.1) is 6.92 Å². The molecule has 4 rings (SSSR count). The van der Waals surface area contributed by atoms with Crippen molar-refractivity contribution in [2.24, 2.45) is 0 Å². The number of hydrogen-bond donors (Lipinski definition) is 0. The second-order valence-corrected chi connectivity index (χ2v) is 8.32. The summed E-state index contributed by atoms with van der Waals surface area (Å²) in [7, 11) is 1.37. The summed E-state index contributed by atoms with van der Waals surface area (Å²) in [6.07, 6.45) is 4.08. The average Bonchev–Trinajstić information content (AvgIpc) is 3.22. The number of hydrogen-bond acceptors (Lipinski definition) is 5. The molecule has 3 heterocycles. The third-order valence-corrected chi connectivity index (χ3v) is 5.94. The Morgan fingerprint density at radius 3 is 2.68 bits per heavy atom. The zero-order valence-electron chi connectivity index (χ0n) is 18.5. The summed E-state index contributed by atoms with van der Waals surface area (Å²) in [4.78, 5) is 32.6. The normalized spacial score (nSPS) is 16.7. The van der Waals surface area contributed by atoms with Crippen LogP contribution in [-0.4, -0.2) is 51.2 Å². The third kappa shape index (κ3) is 3.80. The van der Waals surface area contributed by atoms with E-state index in [9.17, 15) is 9.59 Å². The quantitative estimate of drug-likeness (QED) is 0.593. The molecule has 7 heteroatoms. The van der Waals surface area contributed by atoms with Crippen molar-refractivity contribution in [1.29, 1.82) is 0 Å². The molecule has 1 fully saturated rings. The fourth-order valence-electron chi connectivity index (χ4n) is 4.28. The van der Waals surface area contributed by atoms with E-state index in [-0.39, 0.29) is 17.9 Å². The van der Waals surface area contributed by atoms with Crippen LogP contribution in [0.5, 0.6) is 0 Å². The van der Waals surface area contributed by atoms with Gasteiger partial charge in [-0.1, -0.05) is 24.3 Å². The third-order valence-electron chi connectivity index (χ3n) is 5.94. The number of ether oxygens (including phenoxy) is 1. The van der Waals surface area contributed by atoms with E-state index >= 15 is 0 Å². The molecule has 162 valence electrons. The van der Waals surface area contributed by atoms with Crippen molar-refractivity contribution >= 4 is 22.9 Å². The van der Waals surface area contributed by atoms with Crippen LogP contribution in [-0.2, 0) is 9.53 Å². The highest BCUT2D eigenvalue weighted by Crippen LogP contribution is 2.30. The average molecular weight is 421 g/mol. The molecule has 0 bridgehead atoms. The Balaban J connectivity index is 1.89. The van der Waals surface area contributed by atoms with Gasteiger partial charge < -0.3 is 9.64 Å². The number of benzene rings is 1. The van der Waals surface area contributed by atoms with Gasteiger partial charge in [-0.15, -0.1) is 0 Å². The number of nitrogens with zero attached hydrogens (tertiary/aromatic N) is 4. The zero-order chi connectivity index (χ0) is 22.1. The minimum atomic E-state index is -0.559. The van der Waals surface area contributed by atoms with Gasteiger partial charge in [0.1, 0.15) is 6.04 Å². The van der Waals surface area contributed by atoms with E-state index in [1.165, 1.54) is 7.11 Å². The Kier molecular flexibility index (Phi) is 5.76. The Morgan fingerprint density at radius 1 is 1.19 bits per heavy atom. The van der Waals surface area contributed by atoms with Crippen LogP contribution in [0.15, 0.2) is 36.5 Å². The van der Waals surface area contributed by atoms with Gasteiger partial charge in [0, 0.05) is 18.2 Å². The summed E-state index contributed by atoms with van der Waals surface area (Å²) in [5.41, 5.74) is 3.96. The van der Waals surface area contributed by atoms with Gasteiger partial charge in [0.05, 0.1) is 30.0 Å². The van der Waals surface area contributed by atoms with Gasteiger partial charge in [0.2, 0.25) is 0 Å². The number of esters is 1. The molecule has 1 amide bonds. The number of aromatic nitrogens is 3. The van der Waals surface area contributed by atoms with Crippen LogP contribution in [0.2, 0.25) is 0 Å². The number of carbonyl (C=O) groups is 2. The molecule has 1 aromatic carbocycles. The first-order valence-electron chi connectivity index (χ1n) is 10.8. The molecule has 1 atom stereocenters. The summed E-state index contributed by atoms with van der Waals surface area (Å²) >= 11 is 0. The largest absolute Gasteiger partial charge is 0.467 e. The molecule has 3 aromatic rings. The second kappa shape index (κ2) is 8.49. The number of amides is 1. The molecule has 31 heavy (non-hydrogen) atoms. The first-order chi connectivity index (χ1) is 14.9. The van der Waals surface area contributed by atoms with Crippen molar-refractivity contribution in [2.45, 2.75) is 52.1 Å². The maximum absolute atomic E-state index is 13.7. The Hall–Kier alpha value is -3.22. The second-order valence-electron chi connectivity index (χ2n) is 8.32. The van der Waals surface area contributed by atoms with Crippen molar-refractivity contribution < 1.29 is 14.3 Å². The summed E-state index contributed by atoms with van der Waals surface area (Å²) in [5.74, 6) is -0.545. The van der Waals surface area contributed by atoms with Gasteiger partial charge in [0.15, 0.2) is 5.65 Å². The maximum Gasteiger partial charge on any atom is 0.328 e. The van der Waals surface area contributed by atoms with Crippen molar-refractivity contribution in [1.82, 2.24) is 19.7 Å². The lowest BCUT2D eigenvalue weighted by Crippen LogP contribution is -2.48. The highest BCUT2D eigenvalue weighted by Gasteiger charge is 2.34. The van der Waals surface area contributed by atoms with E-state index in [1.54, 1.807) is 11.1 Å². The van der Waals surface area contributed by atoms with Crippen LogP contribution in [0.4, 0.5) is 0 Å². The van der Waals surface area contributed by atoms with Crippen molar-refractivity contribution in [2.75, 3.05) is 13.7 Å². The number of carbonyl (C=O) groups excluding carboxylic acids is 2. The molecule has 1 aliphatic heterocycles. The fourth-order valence-corrected chi connectivity index (χ4v) is 4.28. The molecule has 1 unspecified atom stereocenters.